The normalized spacial score (nSPS) is 24.5. The third kappa shape index (κ3) is 5.59. The van der Waals surface area contributed by atoms with Crippen LogP contribution in [0.1, 0.15) is 31.2 Å². The summed E-state index contributed by atoms with van der Waals surface area (Å²) in [6, 6.07) is 10.2. The van der Waals surface area contributed by atoms with E-state index in [4.69, 9.17) is 15.2 Å². The number of hydrogen-bond donors (Lipinski definition) is 2. The Morgan fingerprint density at radius 1 is 1.20 bits per heavy atom. The Morgan fingerprint density at radius 2 is 2.00 bits per heavy atom. The first-order valence-corrected chi connectivity index (χ1v) is 7.41. The van der Waals surface area contributed by atoms with Crippen LogP contribution in [-0.4, -0.2) is 36.6 Å². The molecule has 0 heterocycles. The summed E-state index contributed by atoms with van der Waals surface area (Å²) in [5, 5.41) is 9.84. The van der Waals surface area contributed by atoms with Crippen molar-refractivity contribution in [1.29, 1.82) is 0 Å². The number of aliphatic hydroxyl groups is 1. The smallest absolute Gasteiger partial charge is 0.101 e. The molecule has 1 aliphatic rings. The Bertz CT molecular complexity index is 371. The molecule has 0 aliphatic heterocycles. The zero-order valence-electron chi connectivity index (χ0n) is 11.9. The second kappa shape index (κ2) is 8.37. The Hall–Kier alpha value is -0.940. The molecule has 4 nitrogen and oxygen atoms in total. The van der Waals surface area contributed by atoms with E-state index in [-0.39, 0.29) is 12.1 Å². The highest BCUT2D eigenvalue weighted by molar-refractivity contribution is 5.13. The molecule has 112 valence electrons. The van der Waals surface area contributed by atoms with Gasteiger partial charge in [0.05, 0.1) is 25.9 Å². The quantitative estimate of drug-likeness (QED) is 0.799. The van der Waals surface area contributed by atoms with Gasteiger partial charge in [0.25, 0.3) is 0 Å². The highest BCUT2D eigenvalue weighted by Crippen LogP contribution is 2.19. The lowest BCUT2D eigenvalue weighted by molar-refractivity contribution is -0.0571. The van der Waals surface area contributed by atoms with Gasteiger partial charge in [0.2, 0.25) is 0 Å². The minimum absolute atomic E-state index is 0.197. The maximum atomic E-state index is 9.84. The molecule has 1 aromatic rings. The van der Waals surface area contributed by atoms with Crippen molar-refractivity contribution >= 4 is 0 Å². The van der Waals surface area contributed by atoms with E-state index in [1.165, 1.54) is 0 Å². The summed E-state index contributed by atoms with van der Waals surface area (Å²) in [6.07, 6.45) is 3.78. The van der Waals surface area contributed by atoms with Gasteiger partial charge in [0, 0.05) is 6.04 Å². The molecule has 1 aromatic carbocycles. The lowest BCUT2D eigenvalue weighted by atomic mass is 9.93. The molecule has 1 saturated carbocycles. The molecule has 20 heavy (non-hydrogen) atoms. The number of nitrogens with two attached hydrogens (primary N) is 1. The molecule has 1 fully saturated rings. The van der Waals surface area contributed by atoms with Crippen molar-refractivity contribution in [2.45, 2.75) is 50.5 Å². The second-order valence-electron chi connectivity index (χ2n) is 5.54. The van der Waals surface area contributed by atoms with Crippen LogP contribution in [-0.2, 0) is 16.1 Å². The van der Waals surface area contributed by atoms with Crippen molar-refractivity contribution in [2.75, 3.05) is 13.2 Å². The molecule has 2 rings (SSSR count). The summed E-state index contributed by atoms with van der Waals surface area (Å²) >= 11 is 0. The average molecular weight is 279 g/mol. The van der Waals surface area contributed by atoms with Gasteiger partial charge in [0.15, 0.2) is 0 Å². The monoisotopic (exact) mass is 279 g/mol. The lowest BCUT2D eigenvalue weighted by Crippen LogP contribution is -2.34. The summed E-state index contributed by atoms with van der Waals surface area (Å²) in [7, 11) is 0. The van der Waals surface area contributed by atoms with Crippen LogP contribution in [0.4, 0.5) is 0 Å². The number of aliphatic hydroxyl groups excluding tert-OH is 1. The van der Waals surface area contributed by atoms with Crippen LogP contribution in [0.25, 0.3) is 0 Å². The van der Waals surface area contributed by atoms with Gasteiger partial charge in [-0.3, -0.25) is 0 Å². The minimum atomic E-state index is -0.572. The third-order valence-corrected chi connectivity index (χ3v) is 3.61. The van der Waals surface area contributed by atoms with Gasteiger partial charge in [-0.1, -0.05) is 30.3 Å². The van der Waals surface area contributed by atoms with Crippen LogP contribution in [0.15, 0.2) is 30.3 Å². The number of rotatable bonds is 7. The predicted octanol–water partition coefficient (Wildman–Crippen LogP) is 1.85. The summed E-state index contributed by atoms with van der Waals surface area (Å²) in [5.74, 6) is 0. The number of benzene rings is 1. The molecule has 0 bridgehead atoms. The van der Waals surface area contributed by atoms with Crippen molar-refractivity contribution in [3.63, 3.8) is 0 Å². The molecule has 3 unspecified atom stereocenters. The molecule has 4 heteroatoms. The Labute approximate surface area is 120 Å². The van der Waals surface area contributed by atoms with Crippen molar-refractivity contribution < 1.29 is 14.6 Å². The molecular weight excluding hydrogens is 254 g/mol. The van der Waals surface area contributed by atoms with Crippen LogP contribution >= 0.6 is 0 Å². The zero-order valence-corrected chi connectivity index (χ0v) is 11.9. The van der Waals surface area contributed by atoms with Gasteiger partial charge in [-0.2, -0.15) is 0 Å². The van der Waals surface area contributed by atoms with E-state index in [9.17, 15) is 5.11 Å². The lowest BCUT2D eigenvalue weighted by Gasteiger charge is -2.27. The topological polar surface area (TPSA) is 64.7 Å². The highest BCUT2D eigenvalue weighted by Gasteiger charge is 2.20. The molecule has 0 aromatic heterocycles. The van der Waals surface area contributed by atoms with Crippen molar-refractivity contribution in [3.8, 4) is 0 Å². The summed E-state index contributed by atoms with van der Waals surface area (Å²) in [6.45, 7) is 1.14. The Balaban J connectivity index is 1.57. The van der Waals surface area contributed by atoms with Crippen molar-refractivity contribution in [3.05, 3.63) is 35.9 Å². The molecule has 0 amide bonds. The van der Waals surface area contributed by atoms with E-state index in [0.717, 1.165) is 31.2 Å². The van der Waals surface area contributed by atoms with Crippen molar-refractivity contribution in [2.24, 2.45) is 5.73 Å². The first kappa shape index (κ1) is 15.4. The summed E-state index contributed by atoms with van der Waals surface area (Å²) < 4.78 is 11.2. The van der Waals surface area contributed by atoms with Crippen LogP contribution in [0.5, 0.6) is 0 Å². The highest BCUT2D eigenvalue weighted by atomic mass is 16.5. The van der Waals surface area contributed by atoms with Crippen molar-refractivity contribution in [1.82, 2.24) is 0 Å². The second-order valence-corrected chi connectivity index (χ2v) is 5.54. The van der Waals surface area contributed by atoms with Gasteiger partial charge < -0.3 is 20.3 Å². The average Bonchev–Trinajstić information content (AvgIpc) is 2.46. The zero-order chi connectivity index (χ0) is 14.2. The largest absolute Gasteiger partial charge is 0.388 e. The maximum Gasteiger partial charge on any atom is 0.101 e. The SMILES string of the molecule is NC1CCCC(OCC(O)COCc2ccccc2)C1. The number of ether oxygens (including phenoxy) is 2. The van der Waals surface area contributed by atoms with E-state index in [1.807, 2.05) is 30.3 Å². The van der Waals surface area contributed by atoms with Crippen LogP contribution in [0.2, 0.25) is 0 Å². The van der Waals surface area contributed by atoms with E-state index in [1.54, 1.807) is 0 Å². The van der Waals surface area contributed by atoms with Crippen LogP contribution < -0.4 is 5.73 Å². The predicted molar refractivity (Wildman–Crippen MR) is 78.3 cm³/mol. The fraction of sp³-hybridized carbons (Fsp3) is 0.625. The van der Waals surface area contributed by atoms with Gasteiger partial charge in [-0.05, 0) is 31.2 Å². The molecule has 3 N–H and O–H groups in total. The van der Waals surface area contributed by atoms with Gasteiger partial charge in [-0.15, -0.1) is 0 Å². The maximum absolute atomic E-state index is 9.84. The van der Waals surface area contributed by atoms with E-state index in [2.05, 4.69) is 0 Å². The van der Waals surface area contributed by atoms with Gasteiger partial charge >= 0.3 is 0 Å². The van der Waals surface area contributed by atoms with Crippen LogP contribution in [0, 0.1) is 0 Å². The first-order chi connectivity index (χ1) is 9.74. The Morgan fingerprint density at radius 3 is 2.75 bits per heavy atom. The van der Waals surface area contributed by atoms with E-state index in [0.29, 0.717) is 19.8 Å². The van der Waals surface area contributed by atoms with Gasteiger partial charge in [0.1, 0.15) is 6.10 Å². The minimum Gasteiger partial charge on any atom is -0.388 e. The third-order valence-electron chi connectivity index (χ3n) is 3.61. The molecular formula is C16H25NO3. The molecule has 1 aliphatic carbocycles. The fourth-order valence-corrected chi connectivity index (χ4v) is 2.51. The van der Waals surface area contributed by atoms with E-state index >= 15 is 0 Å². The van der Waals surface area contributed by atoms with Gasteiger partial charge in [-0.25, -0.2) is 0 Å². The molecule has 3 atom stereocenters. The number of hydrogen-bond acceptors (Lipinski definition) is 4. The summed E-state index contributed by atoms with van der Waals surface area (Å²) in [4.78, 5) is 0. The van der Waals surface area contributed by atoms with E-state index < -0.39 is 6.10 Å². The van der Waals surface area contributed by atoms with Crippen LogP contribution in [0.3, 0.4) is 0 Å². The molecule has 0 saturated heterocycles. The fourth-order valence-electron chi connectivity index (χ4n) is 2.51. The molecule has 0 spiro atoms. The molecule has 0 radical (unpaired) electrons. The first-order valence-electron chi connectivity index (χ1n) is 7.41. The standard InChI is InChI=1S/C16H25NO3/c17-14-7-4-8-16(9-14)20-12-15(18)11-19-10-13-5-2-1-3-6-13/h1-3,5-6,14-16,18H,4,7-12,17H2. The Kier molecular flexibility index (Phi) is 6.47. The summed E-state index contributed by atoms with van der Waals surface area (Å²) in [5.41, 5.74) is 7.02.